The molecule has 1 atom stereocenters. The van der Waals surface area contributed by atoms with Crippen LogP contribution in [0.15, 0.2) is 36.4 Å². The summed E-state index contributed by atoms with van der Waals surface area (Å²) in [7, 11) is 0. The Morgan fingerprint density at radius 1 is 1.18 bits per heavy atom. The number of anilines is 1. The zero-order valence-corrected chi connectivity index (χ0v) is 13.4. The Morgan fingerprint density at radius 3 is 2.50 bits per heavy atom. The molecule has 1 aromatic carbocycles. The fourth-order valence-electron chi connectivity index (χ4n) is 3.14. The lowest BCUT2D eigenvalue weighted by atomic mass is 10.0. The quantitative estimate of drug-likeness (QED) is 0.804. The van der Waals surface area contributed by atoms with Gasteiger partial charge < -0.3 is 14.5 Å². The minimum absolute atomic E-state index is 0.122. The molecule has 0 aliphatic carbocycles. The fraction of sp³-hybridized carbons (Fsp3) is 0.500. The molecule has 1 fully saturated rings. The molecular formula is C18H24N2O2. The molecule has 0 aromatic heterocycles. The SMILES string of the molecule is CC(C)[C@H]1C=CCN1C(=O)c1ccc(N2CCOCC2)cc1. The minimum Gasteiger partial charge on any atom is -0.378 e. The molecular weight excluding hydrogens is 276 g/mol. The molecule has 118 valence electrons. The highest BCUT2D eigenvalue weighted by molar-refractivity contribution is 5.95. The minimum atomic E-state index is 0.122. The lowest BCUT2D eigenvalue weighted by Gasteiger charge is -2.29. The Bertz CT molecular complexity index is 545. The van der Waals surface area contributed by atoms with E-state index in [1.165, 1.54) is 5.69 Å². The molecule has 0 unspecified atom stereocenters. The third-order valence-electron chi connectivity index (χ3n) is 4.43. The maximum absolute atomic E-state index is 12.7. The summed E-state index contributed by atoms with van der Waals surface area (Å²) in [6.45, 7) is 8.40. The summed E-state index contributed by atoms with van der Waals surface area (Å²) in [5.74, 6) is 0.563. The molecule has 2 aliphatic heterocycles. The summed E-state index contributed by atoms with van der Waals surface area (Å²) in [6, 6.07) is 8.20. The summed E-state index contributed by atoms with van der Waals surface area (Å²) in [5.41, 5.74) is 1.94. The maximum Gasteiger partial charge on any atom is 0.254 e. The normalized spacial score (nSPS) is 21.7. The van der Waals surface area contributed by atoms with Gasteiger partial charge in [0.25, 0.3) is 5.91 Å². The van der Waals surface area contributed by atoms with Gasteiger partial charge in [0.2, 0.25) is 0 Å². The standard InChI is InChI=1S/C18H24N2O2/c1-14(2)17-4-3-9-20(17)18(21)15-5-7-16(8-6-15)19-10-12-22-13-11-19/h3-8,14,17H,9-13H2,1-2H3/t17-/m1/s1. The van der Waals surface area contributed by atoms with Crippen LogP contribution < -0.4 is 4.90 Å². The molecule has 1 aromatic rings. The highest BCUT2D eigenvalue weighted by Gasteiger charge is 2.27. The predicted molar refractivity (Wildman–Crippen MR) is 88.3 cm³/mol. The number of morpholine rings is 1. The molecule has 4 heteroatoms. The number of carbonyl (C=O) groups excluding carboxylic acids is 1. The number of benzene rings is 1. The second-order valence-corrected chi connectivity index (χ2v) is 6.27. The van der Waals surface area contributed by atoms with Crippen molar-refractivity contribution in [1.29, 1.82) is 0 Å². The third-order valence-corrected chi connectivity index (χ3v) is 4.43. The number of amides is 1. The molecule has 2 heterocycles. The number of rotatable bonds is 3. The van der Waals surface area contributed by atoms with Crippen LogP contribution >= 0.6 is 0 Å². The molecule has 0 radical (unpaired) electrons. The van der Waals surface area contributed by atoms with E-state index in [2.05, 4.69) is 30.9 Å². The molecule has 22 heavy (non-hydrogen) atoms. The van der Waals surface area contributed by atoms with Gasteiger partial charge in [-0.1, -0.05) is 26.0 Å². The second-order valence-electron chi connectivity index (χ2n) is 6.27. The van der Waals surface area contributed by atoms with Crippen molar-refractivity contribution in [3.63, 3.8) is 0 Å². The molecule has 0 saturated carbocycles. The first-order valence-electron chi connectivity index (χ1n) is 8.07. The van der Waals surface area contributed by atoms with Gasteiger partial charge in [-0.05, 0) is 30.2 Å². The maximum atomic E-state index is 12.7. The van der Waals surface area contributed by atoms with Crippen molar-refractivity contribution in [1.82, 2.24) is 4.90 Å². The highest BCUT2D eigenvalue weighted by atomic mass is 16.5. The van der Waals surface area contributed by atoms with Crippen LogP contribution in [0, 0.1) is 5.92 Å². The van der Waals surface area contributed by atoms with Crippen LogP contribution in [0.3, 0.4) is 0 Å². The van der Waals surface area contributed by atoms with Crippen LogP contribution in [0.1, 0.15) is 24.2 Å². The Morgan fingerprint density at radius 2 is 1.86 bits per heavy atom. The van der Waals surface area contributed by atoms with E-state index in [4.69, 9.17) is 4.74 Å². The van der Waals surface area contributed by atoms with Crippen LogP contribution in [0.5, 0.6) is 0 Å². The van der Waals surface area contributed by atoms with Crippen molar-refractivity contribution in [2.45, 2.75) is 19.9 Å². The van der Waals surface area contributed by atoms with E-state index < -0.39 is 0 Å². The van der Waals surface area contributed by atoms with Crippen molar-refractivity contribution < 1.29 is 9.53 Å². The topological polar surface area (TPSA) is 32.8 Å². The van der Waals surface area contributed by atoms with Gasteiger partial charge in [0, 0.05) is 30.9 Å². The van der Waals surface area contributed by atoms with Gasteiger partial charge in [0.05, 0.1) is 19.3 Å². The smallest absolute Gasteiger partial charge is 0.254 e. The van der Waals surface area contributed by atoms with Gasteiger partial charge in [-0.25, -0.2) is 0 Å². The van der Waals surface area contributed by atoms with E-state index in [9.17, 15) is 4.79 Å². The van der Waals surface area contributed by atoms with Crippen LogP contribution in [0.25, 0.3) is 0 Å². The van der Waals surface area contributed by atoms with Gasteiger partial charge >= 0.3 is 0 Å². The number of carbonyl (C=O) groups is 1. The number of nitrogens with zero attached hydrogens (tertiary/aromatic N) is 2. The molecule has 0 spiro atoms. The van der Waals surface area contributed by atoms with Crippen molar-refractivity contribution >= 4 is 11.6 Å². The average molecular weight is 300 g/mol. The Kier molecular flexibility index (Phi) is 4.48. The zero-order chi connectivity index (χ0) is 15.5. The molecule has 2 aliphatic rings. The predicted octanol–water partition coefficient (Wildman–Crippen LogP) is 2.56. The van der Waals surface area contributed by atoms with Gasteiger partial charge in [-0.2, -0.15) is 0 Å². The number of ether oxygens (including phenoxy) is 1. The molecule has 1 saturated heterocycles. The second kappa shape index (κ2) is 6.53. The first kappa shape index (κ1) is 15.1. The number of hydrogen-bond donors (Lipinski definition) is 0. The molecule has 0 bridgehead atoms. The van der Waals surface area contributed by atoms with Crippen LogP contribution in [0.2, 0.25) is 0 Å². The highest BCUT2D eigenvalue weighted by Crippen LogP contribution is 2.22. The van der Waals surface area contributed by atoms with Crippen molar-refractivity contribution in [3.05, 3.63) is 42.0 Å². The van der Waals surface area contributed by atoms with Gasteiger partial charge in [-0.3, -0.25) is 4.79 Å². The summed E-state index contributed by atoms with van der Waals surface area (Å²) < 4.78 is 5.38. The largest absolute Gasteiger partial charge is 0.378 e. The van der Waals surface area contributed by atoms with E-state index in [0.29, 0.717) is 12.5 Å². The van der Waals surface area contributed by atoms with E-state index in [1.807, 2.05) is 29.2 Å². The lowest BCUT2D eigenvalue weighted by molar-refractivity contribution is 0.0720. The summed E-state index contributed by atoms with van der Waals surface area (Å²) >= 11 is 0. The average Bonchev–Trinajstić information content (AvgIpc) is 3.05. The zero-order valence-electron chi connectivity index (χ0n) is 13.4. The Labute approximate surface area is 132 Å². The van der Waals surface area contributed by atoms with Crippen molar-refractivity contribution in [3.8, 4) is 0 Å². The van der Waals surface area contributed by atoms with Gasteiger partial charge in [0.15, 0.2) is 0 Å². The van der Waals surface area contributed by atoms with Crippen molar-refractivity contribution in [2.75, 3.05) is 37.7 Å². The third kappa shape index (κ3) is 3.02. The van der Waals surface area contributed by atoms with Crippen LogP contribution in [0.4, 0.5) is 5.69 Å². The summed E-state index contributed by atoms with van der Waals surface area (Å²) in [6.07, 6.45) is 4.23. The molecule has 4 nitrogen and oxygen atoms in total. The molecule has 0 N–H and O–H groups in total. The van der Waals surface area contributed by atoms with E-state index in [-0.39, 0.29) is 11.9 Å². The monoisotopic (exact) mass is 300 g/mol. The van der Waals surface area contributed by atoms with E-state index in [0.717, 1.165) is 31.9 Å². The fourth-order valence-corrected chi connectivity index (χ4v) is 3.14. The summed E-state index contributed by atoms with van der Waals surface area (Å²) in [4.78, 5) is 17.0. The Hall–Kier alpha value is -1.81. The first-order chi connectivity index (χ1) is 10.7. The Balaban J connectivity index is 1.71. The number of hydrogen-bond acceptors (Lipinski definition) is 3. The van der Waals surface area contributed by atoms with Gasteiger partial charge in [0.1, 0.15) is 0 Å². The molecule has 3 rings (SSSR count). The lowest BCUT2D eigenvalue weighted by Crippen LogP contribution is -2.39. The van der Waals surface area contributed by atoms with Crippen LogP contribution in [-0.4, -0.2) is 49.7 Å². The van der Waals surface area contributed by atoms with E-state index >= 15 is 0 Å². The van der Waals surface area contributed by atoms with Crippen molar-refractivity contribution in [2.24, 2.45) is 5.92 Å². The van der Waals surface area contributed by atoms with E-state index in [1.54, 1.807) is 0 Å². The van der Waals surface area contributed by atoms with Crippen LogP contribution in [-0.2, 0) is 4.74 Å². The molecule has 1 amide bonds. The summed E-state index contributed by atoms with van der Waals surface area (Å²) in [5, 5.41) is 0. The first-order valence-corrected chi connectivity index (χ1v) is 8.07. The van der Waals surface area contributed by atoms with Gasteiger partial charge in [-0.15, -0.1) is 0 Å².